The minimum Gasteiger partial charge on any atom is -0.207 e. The summed E-state index contributed by atoms with van der Waals surface area (Å²) in [6, 6.07) is 15.6. The van der Waals surface area contributed by atoms with Crippen molar-refractivity contribution in [2.24, 2.45) is 0 Å². The van der Waals surface area contributed by atoms with Gasteiger partial charge < -0.3 is 0 Å². The van der Waals surface area contributed by atoms with Crippen LogP contribution in [0.15, 0.2) is 64.0 Å². The molecule has 0 spiro atoms. The van der Waals surface area contributed by atoms with Crippen LogP contribution < -0.4 is 4.72 Å². The number of benzene rings is 2. The fourth-order valence-electron chi connectivity index (χ4n) is 1.94. The first-order valence-corrected chi connectivity index (χ1v) is 8.92. The number of rotatable bonds is 5. The Kier molecular flexibility index (Phi) is 4.51. The molecule has 1 N–H and O–H groups in total. The maximum Gasteiger partial charge on any atom is 0.240 e. The second kappa shape index (κ2) is 6.57. The number of hydrogen-bond donors (Lipinski definition) is 1. The number of tetrazole rings is 1. The maximum absolute atomic E-state index is 12.3. The molecule has 7 nitrogen and oxygen atoms in total. The highest BCUT2D eigenvalue weighted by atomic mass is 79.9. The van der Waals surface area contributed by atoms with E-state index in [4.69, 9.17) is 0 Å². The number of sulfonamides is 1. The predicted molar refractivity (Wildman–Crippen MR) is 87.3 cm³/mol. The number of nitrogens with one attached hydrogen (secondary N) is 1. The van der Waals surface area contributed by atoms with Crippen molar-refractivity contribution in [3.8, 4) is 5.69 Å². The molecule has 9 heteroatoms. The van der Waals surface area contributed by atoms with Crippen LogP contribution in [0.2, 0.25) is 0 Å². The molecule has 0 radical (unpaired) electrons. The number of halogens is 1. The van der Waals surface area contributed by atoms with E-state index < -0.39 is 10.0 Å². The molecule has 3 rings (SSSR count). The number of aromatic nitrogens is 4. The van der Waals surface area contributed by atoms with Crippen molar-refractivity contribution in [1.29, 1.82) is 0 Å². The van der Waals surface area contributed by atoms with Crippen LogP contribution in [-0.4, -0.2) is 28.6 Å². The van der Waals surface area contributed by atoms with Gasteiger partial charge in [0.15, 0.2) is 5.82 Å². The van der Waals surface area contributed by atoms with Crippen LogP contribution in [0, 0.1) is 0 Å². The van der Waals surface area contributed by atoms with Crippen LogP contribution in [0.5, 0.6) is 0 Å². The summed E-state index contributed by atoms with van der Waals surface area (Å²) >= 11 is 3.27. The van der Waals surface area contributed by atoms with Gasteiger partial charge in [0.2, 0.25) is 10.0 Å². The van der Waals surface area contributed by atoms with E-state index >= 15 is 0 Å². The largest absolute Gasteiger partial charge is 0.240 e. The minimum absolute atomic E-state index is 0.0136. The number of nitrogens with zero attached hydrogens (tertiary/aromatic N) is 4. The van der Waals surface area contributed by atoms with Crippen LogP contribution in [0.4, 0.5) is 0 Å². The summed E-state index contributed by atoms with van der Waals surface area (Å²) in [5, 5.41) is 11.4. The fraction of sp³-hybridized carbons (Fsp3) is 0.0714. The molecular weight excluding hydrogens is 382 g/mol. The topological polar surface area (TPSA) is 89.8 Å². The molecule has 0 amide bonds. The van der Waals surface area contributed by atoms with Crippen molar-refractivity contribution in [2.75, 3.05) is 0 Å². The molecule has 3 aromatic rings. The molecule has 0 aliphatic heterocycles. The molecule has 0 saturated carbocycles. The highest BCUT2D eigenvalue weighted by molar-refractivity contribution is 9.10. The predicted octanol–water partition coefficient (Wildman–Crippen LogP) is 1.90. The van der Waals surface area contributed by atoms with Crippen LogP contribution in [0.3, 0.4) is 0 Å². The lowest BCUT2D eigenvalue weighted by Gasteiger charge is -2.07. The zero-order chi connectivity index (χ0) is 16.3. The summed E-state index contributed by atoms with van der Waals surface area (Å²) in [5.41, 5.74) is 0.760. The molecule has 1 aromatic heterocycles. The van der Waals surface area contributed by atoms with E-state index in [2.05, 4.69) is 36.2 Å². The van der Waals surface area contributed by atoms with E-state index in [1.165, 1.54) is 16.8 Å². The van der Waals surface area contributed by atoms with E-state index in [1.807, 2.05) is 30.3 Å². The lowest BCUT2D eigenvalue weighted by molar-refractivity contribution is 0.578. The van der Waals surface area contributed by atoms with Crippen LogP contribution in [0.25, 0.3) is 5.69 Å². The van der Waals surface area contributed by atoms with Crippen molar-refractivity contribution in [3.63, 3.8) is 0 Å². The lowest BCUT2D eigenvalue weighted by atomic mass is 10.3. The summed E-state index contributed by atoms with van der Waals surface area (Å²) in [6.45, 7) is -0.0136. The molecular formula is C14H12BrN5O2S. The van der Waals surface area contributed by atoms with Gasteiger partial charge in [0.25, 0.3) is 0 Å². The van der Waals surface area contributed by atoms with Gasteiger partial charge >= 0.3 is 0 Å². The first kappa shape index (κ1) is 15.8. The van der Waals surface area contributed by atoms with Gasteiger partial charge in [-0.3, -0.25) is 0 Å². The zero-order valence-corrected chi connectivity index (χ0v) is 14.2. The smallest absolute Gasteiger partial charge is 0.207 e. The third-order valence-electron chi connectivity index (χ3n) is 3.08. The van der Waals surface area contributed by atoms with Crippen LogP contribution in [0.1, 0.15) is 5.82 Å². The molecule has 118 valence electrons. The molecule has 0 atom stereocenters. The molecule has 1 heterocycles. The van der Waals surface area contributed by atoms with Crippen molar-refractivity contribution in [1.82, 2.24) is 24.9 Å². The van der Waals surface area contributed by atoms with E-state index in [9.17, 15) is 8.42 Å². The van der Waals surface area contributed by atoms with Gasteiger partial charge in [-0.05, 0) is 46.8 Å². The van der Waals surface area contributed by atoms with Gasteiger partial charge in [-0.25, -0.2) is 13.1 Å². The van der Waals surface area contributed by atoms with Crippen LogP contribution >= 0.6 is 15.9 Å². The number of para-hydroxylation sites is 1. The molecule has 0 aliphatic carbocycles. The van der Waals surface area contributed by atoms with Crippen molar-refractivity contribution in [3.05, 3.63) is 64.9 Å². The maximum atomic E-state index is 12.3. The monoisotopic (exact) mass is 393 g/mol. The van der Waals surface area contributed by atoms with Gasteiger partial charge in [0.05, 0.1) is 17.1 Å². The number of hydrogen-bond acceptors (Lipinski definition) is 5. The van der Waals surface area contributed by atoms with E-state index in [0.29, 0.717) is 5.82 Å². The third kappa shape index (κ3) is 3.63. The average Bonchev–Trinajstić information content (AvgIpc) is 3.03. The standard InChI is InChI=1S/C14H12BrN5O2S/c15-11-6-8-13(9-7-11)23(21,22)16-10-14-17-18-19-20(14)12-4-2-1-3-5-12/h1-9,16H,10H2. The molecule has 0 fully saturated rings. The average molecular weight is 394 g/mol. The third-order valence-corrected chi connectivity index (χ3v) is 5.02. The molecule has 2 aromatic carbocycles. The normalized spacial score (nSPS) is 11.5. The fourth-order valence-corrected chi connectivity index (χ4v) is 3.19. The SMILES string of the molecule is O=S(=O)(NCc1nnnn1-c1ccccc1)c1ccc(Br)cc1. The van der Waals surface area contributed by atoms with Gasteiger partial charge in [0.1, 0.15) is 0 Å². The second-order valence-electron chi connectivity index (χ2n) is 4.62. The van der Waals surface area contributed by atoms with Crippen LogP contribution in [-0.2, 0) is 16.6 Å². The van der Waals surface area contributed by atoms with Crippen molar-refractivity contribution in [2.45, 2.75) is 11.4 Å². The first-order chi connectivity index (χ1) is 11.1. The van der Waals surface area contributed by atoms with Crippen molar-refractivity contribution >= 4 is 26.0 Å². The second-order valence-corrected chi connectivity index (χ2v) is 7.30. The Morgan fingerprint density at radius 2 is 1.74 bits per heavy atom. The Morgan fingerprint density at radius 1 is 1.04 bits per heavy atom. The highest BCUT2D eigenvalue weighted by Gasteiger charge is 2.16. The van der Waals surface area contributed by atoms with Gasteiger partial charge in [0, 0.05) is 4.47 Å². The Hall–Kier alpha value is -2.10. The quantitative estimate of drug-likeness (QED) is 0.714. The van der Waals surface area contributed by atoms with Crippen molar-refractivity contribution < 1.29 is 8.42 Å². The van der Waals surface area contributed by atoms with Gasteiger partial charge in [-0.2, -0.15) is 4.68 Å². The highest BCUT2D eigenvalue weighted by Crippen LogP contribution is 2.15. The molecule has 0 unspecified atom stereocenters. The summed E-state index contributed by atoms with van der Waals surface area (Å²) in [4.78, 5) is 0.180. The first-order valence-electron chi connectivity index (χ1n) is 6.64. The summed E-state index contributed by atoms with van der Waals surface area (Å²) in [5.74, 6) is 0.400. The lowest BCUT2D eigenvalue weighted by Crippen LogP contribution is -2.25. The summed E-state index contributed by atoms with van der Waals surface area (Å²) in [6.07, 6.45) is 0. The molecule has 0 bridgehead atoms. The Balaban J connectivity index is 1.79. The Morgan fingerprint density at radius 3 is 2.43 bits per heavy atom. The van der Waals surface area contributed by atoms with E-state index in [1.54, 1.807) is 12.1 Å². The summed E-state index contributed by atoms with van der Waals surface area (Å²) < 4.78 is 29.4. The minimum atomic E-state index is -3.63. The Bertz CT molecular complexity index is 894. The van der Waals surface area contributed by atoms with E-state index in [0.717, 1.165) is 10.2 Å². The van der Waals surface area contributed by atoms with E-state index in [-0.39, 0.29) is 11.4 Å². The zero-order valence-electron chi connectivity index (χ0n) is 11.8. The van der Waals surface area contributed by atoms with Gasteiger partial charge in [-0.15, -0.1) is 5.10 Å². The summed E-state index contributed by atoms with van der Waals surface area (Å²) in [7, 11) is -3.63. The molecule has 23 heavy (non-hydrogen) atoms. The van der Waals surface area contributed by atoms with Gasteiger partial charge in [-0.1, -0.05) is 34.1 Å². The molecule has 0 saturated heterocycles. The Labute approximate surface area is 141 Å². The molecule has 0 aliphatic rings.